The minimum absolute atomic E-state index is 0.133. The van der Waals surface area contributed by atoms with Crippen molar-refractivity contribution in [3.05, 3.63) is 71.8 Å². The van der Waals surface area contributed by atoms with E-state index in [0.717, 1.165) is 60.6 Å². The second-order valence-electron chi connectivity index (χ2n) is 7.66. The molecule has 5 nitrogen and oxygen atoms in total. The average molecular weight is 406 g/mol. The SMILES string of the molecule is CCOc1cc(C[NH+]2CCN(C(=O)c3cccc4ccccc34)CC2)ccc1OC. The van der Waals surface area contributed by atoms with Gasteiger partial charge in [0.2, 0.25) is 0 Å². The van der Waals surface area contributed by atoms with Crippen molar-refractivity contribution in [2.75, 3.05) is 39.9 Å². The summed E-state index contributed by atoms with van der Waals surface area (Å²) in [7, 11) is 1.66. The average Bonchev–Trinajstić information content (AvgIpc) is 2.79. The molecule has 0 radical (unpaired) electrons. The first-order valence-corrected chi connectivity index (χ1v) is 10.6. The summed E-state index contributed by atoms with van der Waals surface area (Å²) in [5.74, 6) is 1.69. The van der Waals surface area contributed by atoms with Gasteiger partial charge in [-0.05, 0) is 42.0 Å². The minimum Gasteiger partial charge on any atom is -0.493 e. The van der Waals surface area contributed by atoms with Gasteiger partial charge in [0.05, 0.1) is 39.9 Å². The van der Waals surface area contributed by atoms with Crippen LogP contribution in [0.1, 0.15) is 22.8 Å². The molecule has 30 heavy (non-hydrogen) atoms. The predicted molar refractivity (Wildman–Crippen MR) is 118 cm³/mol. The lowest BCUT2D eigenvalue weighted by atomic mass is 10.0. The first-order chi connectivity index (χ1) is 14.7. The molecule has 0 bridgehead atoms. The molecule has 3 aromatic carbocycles. The molecule has 0 unspecified atom stereocenters. The van der Waals surface area contributed by atoms with E-state index in [1.165, 1.54) is 10.5 Å². The fourth-order valence-corrected chi connectivity index (χ4v) is 4.17. The van der Waals surface area contributed by atoms with Gasteiger partial charge in [-0.15, -0.1) is 0 Å². The minimum atomic E-state index is 0.133. The standard InChI is InChI=1S/C25H28N2O3/c1-3-30-24-17-19(11-12-23(24)29-2)18-26-13-15-27(16-14-26)25(28)22-10-6-8-20-7-4-5-9-21(20)22/h4-12,17H,3,13-16,18H2,1-2H3/p+1. The van der Waals surface area contributed by atoms with Gasteiger partial charge in [0.25, 0.3) is 5.91 Å². The maximum atomic E-state index is 13.2. The molecule has 0 saturated carbocycles. The molecule has 1 heterocycles. The monoisotopic (exact) mass is 405 g/mol. The number of ether oxygens (including phenoxy) is 2. The summed E-state index contributed by atoms with van der Waals surface area (Å²) >= 11 is 0. The number of carbonyl (C=O) groups excluding carboxylic acids is 1. The molecule has 1 fully saturated rings. The zero-order valence-electron chi connectivity index (χ0n) is 17.7. The number of amides is 1. The molecule has 156 valence electrons. The van der Waals surface area contributed by atoms with E-state index in [4.69, 9.17) is 9.47 Å². The summed E-state index contributed by atoms with van der Waals surface area (Å²) in [4.78, 5) is 16.6. The summed E-state index contributed by atoms with van der Waals surface area (Å²) in [5, 5.41) is 2.14. The molecule has 0 aromatic heterocycles. The maximum absolute atomic E-state index is 13.2. The van der Waals surface area contributed by atoms with Crippen LogP contribution < -0.4 is 14.4 Å². The highest BCUT2D eigenvalue weighted by atomic mass is 16.5. The number of nitrogens with zero attached hydrogens (tertiary/aromatic N) is 1. The summed E-state index contributed by atoms with van der Waals surface area (Å²) in [6.07, 6.45) is 0. The van der Waals surface area contributed by atoms with Gasteiger partial charge in [0.15, 0.2) is 11.5 Å². The lowest BCUT2D eigenvalue weighted by Gasteiger charge is -2.32. The summed E-state index contributed by atoms with van der Waals surface area (Å²) < 4.78 is 11.1. The molecule has 0 atom stereocenters. The number of nitrogens with one attached hydrogen (secondary N) is 1. The van der Waals surface area contributed by atoms with Gasteiger partial charge in [0.1, 0.15) is 6.54 Å². The van der Waals surface area contributed by atoms with Gasteiger partial charge in [-0.1, -0.05) is 36.4 Å². The van der Waals surface area contributed by atoms with Crippen molar-refractivity contribution in [1.29, 1.82) is 0 Å². The Morgan fingerprint density at radius 3 is 2.53 bits per heavy atom. The molecule has 1 saturated heterocycles. The Kier molecular flexibility index (Phi) is 6.19. The van der Waals surface area contributed by atoms with Crippen LogP contribution >= 0.6 is 0 Å². The Labute approximate surface area is 177 Å². The molecule has 1 amide bonds. The highest BCUT2D eigenvalue weighted by molar-refractivity contribution is 6.07. The predicted octanol–water partition coefficient (Wildman–Crippen LogP) is 2.79. The van der Waals surface area contributed by atoms with E-state index in [0.29, 0.717) is 6.61 Å². The first-order valence-electron chi connectivity index (χ1n) is 10.6. The van der Waals surface area contributed by atoms with Crippen molar-refractivity contribution in [2.45, 2.75) is 13.5 Å². The number of hydrogen-bond acceptors (Lipinski definition) is 3. The molecular formula is C25H29N2O3+. The third kappa shape index (κ3) is 4.26. The van der Waals surface area contributed by atoms with Crippen LogP contribution in [0.4, 0.5) is 0 Å². The Morgan fingerprint density at radius 2 is 1.77 bits per heavy atom. The van der Waals surface area contributed by atoms with Crippen molar-refractivity contribution in [3.8, 4) is 11.5 Å². The zero-order chi connectivity index (χ0) is 20.9. The summed E-state index contributed by atoms with van der Waals surface area (Å²) in [5.41, 5.74) is 2.02. The third-order valence-corrected chi connectivity index (χ3v) is 5.76. The van der Waals surface area contributed by atoms with Crippen molar-refractivity contribution < 1.29 is 19.2 Å². The van der Waals surface area contributed by atoms with Crippen LogP contribution in [-0.4, -0.2) is 50.7 Å². The molecule has 5 heteroatoms. The van der Waals surface area contributed by atoms with E-state index in [-0.39, 0.29) is 5.91 Å². The molecule has 0 aliphatic carbocycles. The number of hydrogen-bond donors (Lipinski definition) is 1. The van der Waals surface area contributed by atoms with Crippen LogP contribution in [0.5, 0.6) is 11.5 Å². The fraction of sp³-hybridized carbons (Fsp3) is 0.320. The zero-order valence-corrected chi connectivity index (χ0v) is 17.7. The number of quaternary nitrogens is 1. The van der Waals surface area contributed by atoms with Gasteiger partial charge in [-0.25, -0.2) is 0 Å². The largest absolute Gasteiger partial charge is 0.493 e. The number of fused-ring (bicyclic) bond motifs is 1. The maximum Gasteiger partial charge on any atom is 0.254 e. The van der Waals surface area contributed by atoms with E-state index in [2.05, 4.69) is 24.3 Å². The molecule has 1 aliphatic rings. The number of benzene rings is 3. The normalized spacial score (nSPS) is 14.7. The van der Waals surface area contributed by atoms with Gasteiger partial charge in [-0.2, -0.15) is 0 Å². The lowest BCUT2D eigenvalue weighted by molar-refractivity contribution is -0.917. The quantitative estimate of drug-likeness (QED) is 0.686. The molecule has 3 aromatic rings. The van der Waals surface area contributed by atoms with E-state index >= 15 is 0 Å². The topological polar surface area (TPSA) is 43.2 Å². The van der Waals surface area contributed by atoms with Crippen LogP contribution in [-0.2, 0) is 6.54 Å². The first kappa shape index (κ1) is 20.2. The Balaban J connectivity index is 1.40. The fourth-order valence-electron chi connectivity index (χ4n) is 4.17. The number of methoxy groups -OCH3 is 1. The number of rotatable bonds is 6. The highest BCUT2D eigenvalue weighted by Crippen LogP contribution is 2.27. The van der Waals surface area contributed by atoms with E-state index < -0.39 is 0 Å². The summed E-state index contributed by atoms with van der Waals surface area (Å²) in [6, 6.07) is 20.2. The number of carbonyl (C=O) groups is 1. The van der Waals surface area contributed by atoms with Crippen molar-refractivity contribution in [3.63, 3.8) is 0 Å². The molecule has 0 spiro atoms. The summed E-state index contributed by atoms with van der Waals surface area (Å²) in [6.45, 7) is 6.92. The highest BCUT2D eigenvalue weighted by Gasteiger charge is 2.25. The van der Waals surface area contributed by atoms with Crippen LogP contribution in [0, 0.1) is 0 Å². The Hall–Kier alpha value is -3.05. The second kappa shape index (κ2) is 9.18. The van der Waals surface area contributed by atoms with Crippen molar-refractivity contribution in [2.24, 2.45) is 0 Å². The number of piperazine rings is 1. The van der Waals surface area contributed by atoms with Crippen LogP contribution in [0.2, 0.25) is 0 Å². The third-order valence-electron chi connectivity index (χ3n) is 5.76. The Bertz CT molecular complexity index is 1020. The van der Waals surface area contributed by atoms with Crippen LogP contribution in [0.3, 0.4) is 0 Å². The molecular weight excluding hydrogens is 376 g/mol. The van der Waals surface area contributed by atoms with E-state index in [9.17, 15) is 4.79 Å². The van der Waals surface area contributed by atoms with Gasteiger partial charge in [-0.3, -0.25) is 4.79 Å². The van der Waals surface area contributed by atoms with Gasteiger partial charge >= 0.3 is 0 Å². The molecule has 1 N–H and O–H groups in total. The van der Waals surface area contributed by atoms with Crippen molar-refractivity contribution in [1.82, 2.24) is 4.90 Å². The van der Waals surface area contributed by atoms with Gasteiger partial charge < -0.3 is 19.3 Å². The van der Waals surface area contributed by atoms with E-state index in [1.54, 1.807) is 7.11 Å². The van der Waals surface area contributed by atoms with Crippen molar-refractivity contribution >= 4 is 16.7 Å². The van der Waals surface area contributed by atoms with Crippen LogP contribution in [0.15, 0.2) is 60.7 Å². The second-order valence-corrected chi connectivity index (χ2v) is 7.66. The van der Waals surface area contributed by atoms with Crippen LogP contribution in [0.25, 0.3) is 10.8 Å². The Morgan fingerprint density at radius 1 is 1.00 bits per heavy atom. The lowest BCUT2D eigenvalue weighted by Crippen LogP contribution is -3.13. The molecule has 4 rings (SSSR count). The van der Waals surface area contributed by atoms with E-state index in [1.807, 2.05) is 48.2 Å². The van der Waals surface area contributed by atoms with Gasteiger partial charge in [0, 0.05) is 11.1 Å². The smallest absolute Gasteiger partial charge is 0.254 e. The molecule has 1 aliphatic heterocycles.